The number of halogens is 3. The van der Waals surface area contributed by atoms with Gasteiger partial charge in [-0.05, 0) is 145 Å². The molecule has 58 heavy (non-hydrogen) atoms. The van der Waals surface area contributed by atoms with E-state index in [0.717, 1.165) is 34.2 Å². The van der Waals surface area contributed by atoms with E-state index in [1.54, 1.807) is 19.9 Å². The maximum absolute atomic E-state index is 14.3. The number of aliphatic hydroxyl groups is 1. The molecule has 8 heteroatoms. The second kappa shape index (κ2) is 22.5. The van der Waals surface area contributed by atoms with E-state index in [2.05, 4.69) is 95.2 Å². The standard InChI is InChI=1S/C19H18BrFO2.C19H19FO3.C11H3.CH4/c1-3-23-19(22)16-8-13-14(12-7-5-4-6-11(12)2)9-17(20)15(13)10-18(16)21;1-3-23-19(22)16-8-13-14(12-7-5-4-6-11(12)2)10-18(21)15(13)9-17(16)20;1-3-5-7-9-11-10-8-6-4-2;/h4-8,10,14,17H,3,9H2,1-2H3;4-9,14,18,21H,3,10H2,1-2H3;1H,2H2;1H4/q;;-1;. The maximum Gasteiger partial charge on any atom is 0.341 e. The lowest BCUT2D eigenvalue weighted by atomic mass is 9.89. The lowest BCUT2D eigenvalue weighted by Crippen LogP contribution is -2.09. The summed E-state index contributed by atoms with van der Waals surface area (Å²) < 4.78 is 38.4. The van der Waals surface area contributed by atoms with E-state index in [0.29, 0.717) is 12.0 Å². The second-order valence-corrected chi connectivity index (χ2v) is 13.9. The minimum absolute atomic E-state index is 0. The van der Waals surface area contributed by atoms with Crippen LogP contribution >= 0.6 is 15.9 Å². The van der Waals surface area contributed by atoms with Crippen molar-refractivity contribution in [2.45, 2.75) is 70.7 Å². The lowest BCUT2D eigenvalue weighted by molar-refractivity contribution is 0.0511. The van der Waals surface area contributed by atoms with Gasteiger partial charge in [0, 0.05) is 16.7 Å². The first-order chi connectivity index (χ1) is 27.5. The Hall–Kier alpha value is -6.21. The third kappa shape index (κ3) is 11.4. The molecule has 0 radical (unpaired) electrons. The van der Waals surface area contributed by atoms with E-state index in [4.69, 9.17) is 15.9 Å². The van der Waals surface area contributed by atoms with Crippen molar-refractivity contribution in [1.82, 2.24) is 0 Å². The Morgan fingerprint density at radius 3 is 1.60 bits per heavy atom. The molecule has 2 aliphatic carbocycles. The molecule has 0 saturated carbocycles. The summed E-state index contributed by atoms with van der Waals surface area (Å²) >= 11 is 3.64. The maximum atomic E-state index is 14.3. The van der Waals surface area contributed by atoms with Gasteiger partial charge in [-0.25, -0.2) is 24.3 Å². The summed E-state index contributed by atoms with van der Waals surface area (Å²) in [6.45, 7) is 11.2. The van der Waals surface area contributed by atoms with Crippen molar-refractivity contribution in [3.05, 3.63) is 147 Å². The number of rotatable bonds is 6. The van der Waals surface area contributed by atoms with Gasteiger partial charge in [0.05, 0.1) is 30.4 Å². The van der Waals surface area contributed by atoms with E-state index < -0.39 is 29.7 Å². The van der Waals surface area contributed by atoms with Crippen LogP contribution in [0.3, 0.4) is 0 Å². The number of aliphatic hydroxyl groups excluding tert-OH is 1. The molecule has 0 heterocycles. The highest BCUT2D eigenvalue weighted by molar-refractivity contribution is 9.09. The van der Waals surface area contributed by atoms with Crippen molar-refractivity contribution in [2.75, 3.05) is 13.2 Å². The Labute approximate surface area is 350 Å². The zero-order chi connectivity index (χ0) is 41.5. The average molecular weight is 843 g/mol. The van der Waals surface area contributed by atoms with Crippen LogP contribution in [0.4, 0.5) is 8.78 Å². The van der Waals surface area contributed by atoms with Gasteiger partial charge >= 0.3 is 11.9 Å². The molecule has 4 aromatic carbocycles. The average Bonchev–Trinajstić information content (AvgIpc) is 3.68. The number of hydrogen-bond acceptors (Lipinski definition) is 5. The van der Waals surface area contributed by atoms with Crippen molar-refractivity contribution in [3.8, 4) is 59.7 Å². The van der Waals surface area contributed by atoms with E-state index in [1.807, 2.05) is 43.3 Å². The van der Waals surface area contributed by atoms with Crippen LogP contribution in [0.15, 0.2) is 72.8 Å². The highest BCUT2D eigenvalue weighted by Crippen LogP contribution is 2.49. The number of benzene rings is 4. The number of hydrogen-bond donors (Lipinski definition) is 1. The van der Waals surface area contributed by atoms with Crippen LogP contribution in [0.5, 0.6) is 0 Å². The fraction of sp³-hybridized carbons (Fsp3) is 0.260. The van der Waals surface area contributed by atoms with Gasteiger partial charge in [-0.3, -0.25) is 5.92 Å². The Morgan fingerprint density at radius 2 is 1.14 bits per heavy atom. The van der Waals surface area contributed by atoms with Gasteiger partial charge in [0.15, 0.2) is 0 Å². The van der Waals surface area contributed by atoms with E-state index in [9.17, 15) is 23.5 Å². The normalized spacial score (nSPS) is 16.1. The zero-order valence-electron chi connectivity index (χ0n) is 32.1. The van der Waals surface area contributed by atoms with Gasteiger partial charge in [0.25, 0.3) is 0 Å². The molecule has 0 bridgehead atoms. The van der Waals surface area contributed by atoms with Gasteiger partial charge in [0.1, 0.15) is 11.6 Å². The summed E-state index contributed by atoms with van der Waals surface area (Å²) in [6, 6.07) is 22.1. The first-order valence-electron chi connectivity index (χ1n) is 18.1. The summed E-state index contributed by atoms with van der Waals surface area (Å²) in [6.07, 6.45) is 5.46. The molecule has 6 rings (SSSR count). The Morgan fingerprint density at radius 1 is 0.707 bits per heavy atom. The molecule has 0 saturated heterocycles. The van der Waals surface area contributed by atoms with Crippen molar-refractivity contribution >= 4 is 27.9 Å². The summed E-state index contributed by atoms with van der Waals surface area (Å²) in [5.41, 5.74) is 7.86. The SMILES string of the molecule is C.C#CC#CC#CC#CC#C[CH2-].CCOC(=O)c1cc2c(cc1F)C(Br)CC2c1ccccc1C.CCOC(=O)c1cc2c(cc1F)C(O)CC2c1ccccc1C. The summed E-state index contributed by atoms with van der Waals surface area (Å²) in [5.74, 6) is 19.1. The van der Waals surface area contributed by atoms with Crippen molar-refractivity contribution in [2.24, 2.45) is 0 Å². The van der Waals surface area contributed by atoms with Crippen LogP contribution < -0.4 is 0 Å². The Kier molecular flexibility index (Phi) is 17.9. The Bertz CT molecular complexity index is 2310. The quantitative estimate of drug-likeness (QED) is 0.0906. The number of fused-ring (bicyclic) bond motifs is 2. The number of carbonyl (C=O) groups excluding carboxylic acids is 2. The van der Waals surface area contributed by atoms with Crippen molar-refractivity contribution in [1.29, 1.82) is 0 Å². The van der Waals surface area contributed by atoms with Gasteiger partial charge in [-0.15, -0.1) is 12.3 Å². The fourth-order valence-corrected chi connectivity index (χ4v) is 7.59. The predicted molar refractivity (Wildman–Crippen MR) is 229 cm³/mol. The monoisotopic (exact) mass is 841 g/mol. The molecule has 296 valence electrons. The van der Waals surface area contributed by atoms with Crippen molar-refractivity contribution in [3.63, 3.8) is 0 Å². The number of aryl methyl sites for hydroxylation is 2. The molecule has 4 unspecified atom stereocenters. The van der Waals surface area contributed by atoms with Gasteiger partial charge in [0.2, 0.25) is 0 Å². The molecular weight excluding hydrogens is 798 g/mol. The third-order valence-electron chi connectivity index (χ3n) is 9.35. The smallest absolute Gasteiger partial charge is 0.341 e. The zero-order valence-corrected chi connectivity index (χ0v) is 33.7. The molecule has 0 spiro atoms. The highest BCUT2D eigenvalue weighted by atomic mass is 79.9. The van der Waals surface area contributed by atoms with Gasteiger partial charge in [-0.2, -0.15) is 6.92 Å². The molecule has 1 N–H and O–H groups in total. The van der Waals surface area contributed by atoms with Crippen LogP contribution in [0.25, 0.3) is 0 Å². The second-order valence-electron chi connectivity index (χ2n) is 12.8. The molecule has 5 nitrogen and oxygen atoms in total. The summed E-state index contributed by atoms with van der Waals surface area (Å²) in [5, 5.41) is 10.3. The predicted octanol–water partition coefficient (Wildman–Crippen LogP) is 10.3. The van der Waals surface area contributed by atoms with Crippen LogP contribution in [-0.4, -0.2) is 30.3 Å². The minimum atomic E-state index is -0.722. The molecule has 0 fully saturated rings. The molecule has 0 amide bonds. The van der Waals surface area contributed by atoms with E-state index in [1.165, 1.54) is 29.3 Å². The van der Waals surface area contributed by atoms with Crippen molar-refractivity contribution < 1.29 is 33.0 Å². The number of esters is 2. The number of terminal acetylenes is 1. The van der Waals surface area contributed by atoms with Crippen LogP contribution in [0.1, 0.15) is 122 Å². The first-order valence-corrected chi connectivity index (χ1v) is 19.0. The van der Waals surface area contributed by atoms with E-state index >= 15 is 0 Å². The number of carbonyl (C=O) groups is 2. The van der Waals surface area contributed by atoms with Gasteiger partial charge in [-0.1, -0.05) is 71.9 Å². The third-order valence-corrected chi connectivity index (χ3v) is 10.2. The molecule has 2 aliphatic rings. The largest absolute Gasteiger partial charge is 0.462 e. The molecule has 4 atom stereocenters. The Balaban J connectivity index is 0.000000246. The van der Waals surface area contributed by atoms with Gasteiger partial charge < -0.3 is 14.6 Å². The summed E-state index contributed by atoms with van der Waals surface area (Å²) in [7, 11) is 0. The highest BCUT2D eigenvalue weighted by Gasteiger charge is 2.35. The molecular formula is C50H44BrF2O5-. The van der Waals surface area contributed by atoms with E-state index in [-0.39, 0.29) is 48.4 Å². The van der Waals surface area contributed by atoms with Crippen LogP contribution in [0, 0.1) is 92.1 Å². The number of alkyl halides is 1. The summed E-state index contributed by atoms with van der Waals surface area (Å²) in [4.78, 5) is 24.0. The lowest BCUT2D eigenvalue weighted by Gasteiger charge is -2.16. The topological polar surface area (TPSA) is 72.8 Å². The minimum Gasteiger partial charge on any atom is -0.462 e. The van der Waals surface area contributed by atoms with Crippen LogP contribution in [0.2, 0.25) is 0 Å². The first kappa shape index (κ1) is 46.2. The molecule has 4 aromatic rings. The van der Waals surface area contributed by atoms with Crippen LogP contribution in [-0.2, 0) is 9.47 Å². The number of ether oxygens (including phenoxy) is 2. The molecule has 0 aromatic heterocycles. The fourth-order valence-electron chi connectivity index (χ4n) is 6.82. The molecule has 0 aliphatic heterocycles.